The quantitative estimate of drug-likeness (QED) is 0.749. The number of nitrogens with zero attached hydrogens (tertiary/aromatic N) is 1. The number of carbonyl (C=O) groups is 2. The monoisotopic (exact) mass is 295 g/mol. The molecule has 4 nitrogen and oxygen atoms in total. The zero-order chi connectivity index (χ0) is 15.9. The Kier molecular flexibility index (Phi) is 4.36. The van der Waals surface area contributed by atoms with Gasteiger partial charge in [0, 0.05) is 12.6 Å². The van der Waals surface area contributed by atoms with Crippen molar-refractivity contribution in [2.24, 2.45) is 29.1 Å². The summed E-state index contributed by atoms with van der Waals surface area (Å²) in [5.74, 6) is 1.08. The second-order valence-electron chi connectivity index (χ2n) is 8.09. The number of fused-ring (bicyclic) bond motifs is 1. The van der Waals surface area contributed by atoms with Crippen molar-refractivity contribution >= 4 is 11.9 Å². The zero-order valence-electron chi connectivity index (χ0n) is 14.2. The van der Waals surface area contributed by atoms with E-state index in [0.29, 0.717) is 17.9 Å². The number of esters is 1. The molecule has 120 valence electrons. The van der Waals surface area contributed by atoms with Crippen LogP contribution in [0.5, 0.6) is 0 Å². The van der Waals surface area contributed by atoms with E-state index in [1.165, 1.54) is 13.5 Å². The number of amides is 1. The molecule has 0 spiro atoms. The van der Waals surface area contributed by atoms with E-state index >= 15 is 0 Å². The molecule has 1 aliphatic heterocycles. The minimum Gasteiger partial charge on any atom is -0.469 e. The van der Waals surface area contributed by atoms with E-state index in [1.54, 1.807) is 0 Å². The molecule has 2 fully saturated rings. The van der Waals surface area contributed by atoms with Gasteiger partial charge in [0.25, 0.3) is 0 Å². The summed E-state index contributed by atoms with van der Waals surface area (Å²) in [6.07, 6.45) is 1.45. The van der Waals surface area contributed by atoms with Crippen molar-refractivity contribution in [2.75, 3.05) is 13.7 Å². The first-order valence-corrected chi connectivity index (χ1v) is 8.04. The van der Waals surface area contributed by atoms with Crippen LogP contribution in [0.1, 0.15) is 47.5 Å². The number of rotatable bonds is 4. The highest BCUT2D eigenvalue weighted by Gasteiger charge is 2.58. The van der Waals surface area contributed by atoms with Crippen LogP contribution in [0.2, 0.25) is 0 Å². The average molecular weight is 295 g/mol. The van der Waals surface area contributed by atoms with E-state index in [9.17, 15) is 9.59 Å². The molecule has 0 aromatic rings. The molecule has 2 aliphatic rings. The first-order valence-electron chi connectivity index (χ1n) is 8.04. The van der Waals surface area contributed by atoms with Crippen molar-refractivity contribution in [3.63, 3.8) is 0 Å². The summed E-state index contributed by atoms with van der Waals surface area (Å²) in [7, 11) is 1.38. The lowest BCUT2D eigenvalue weighted by atomic mass is 9.82. The second-order valence-corrected chi connectivity index (χ2v) is 8.09. The Hall–Kier alpha value is -1.06. The Morgan fingerprint density at radius 1 is 1.29 bits per heavy atom. The molecular formula is C17H29NO3. The maximum Gasteiger partial charge on any atom is 0.306 e. The van der Waals surface area contributed by atoms with E-state index in [0.717, 1.165) is 6.54 Å². The number of piperidine rings is 1. The minimum atomic E-state index is -0.293. The van der Waals surface area contributed by atoms with Gasteiger partial charge in [0.1, 0.15) is 0 Å². The van der Waals surface area contributed by atoms with E-state index in [1.807, 2.05) is 13.8 Å². The first-order chi connectivity index (χ1) is 9.66. The van der Waals surface area contributed by atoms with Gasteiger partial charge in [-0.2, -0.15) is 0 Å². The molecular weight excluding hydrogens is 266 g/mol. The fourth-order valence-corrected chi connectivity index (χ4v) is 3.89. The zero-order valence-corrected chi connectivity index (χ0v) is 14.2. The topological polar surface area (TPSA) is 46.6 Å². The number of hydrogen-bond acceptors (Lipinski definition) is 3. The molecule has 0 aromatic heterocycles. The van der Waals surface area contributed by atoms with Gasteiger partial charge in [-0.15, -0.1) is 0 Å². The largest absolute Gasteiger partial charge is 0.469 e. The van der Waals surface area contributed by atoms with Crippen LogP contribution < -0.4 is 0 Å². The van der Waals surface area contributed by atoms with Crippen LogP contribution in [-0.2, 0) is 14.3 Å². The van der Waals surface area contributed by atoms with Crippen molar-refractivity contribution in [3.05, 3.63) is 0 Å². The molecule has 1 heterocycles. The van der Waals surface area contributed by atoms with Gasteiger partial charge >= 0.3 is 5.97 Å². The van der Waals surface area contributed by atoms with Gasteiger partial charge in [0.05, 0.1) is 19.4 Å². The highest BCUT2D eigenvalue weighted by molar-refractivity contribution is 5.84. The summed E-state index contributed by atoms with van der Waals surface area (Å²) in [5.41, 5.74) is 0.0956. The van der Waals surface area contributed by atoms with Gasteiger partial charge in [0.2, 0.25) is 5.91 Å². The molecule has 1 amide bonds. The maximum absolute atomic E-state index is 13.0. The fourth-order valence-electron chi connectivity index (χ4n) is 3.89. The van der Waals surface area contributed by atoms with Crippen molar-refractivity contribution < 1.29 is 14.3 Å². The van der Waals surface area contributed by atoms with Crippen molar-refractivity contribution in [1.82, 2.24) is 4.90 Å². The molecule has 1 saturated carbocycles. The lowest BCUT2D eigenvalue weighted by Gasteiger charge is -2.39. The van der Waals surface area contributed by atoms with Gasteiger partial charge in [-0.05, 0) is 29.6 Å². The highest BCUT2D eigenvalue weighted by atomic mass is 16.5. The summed E-state index contributed by atoms with van der Waals surface area (Å²) < 4.78 is 4.76. The van der Waals surface area contributed by atoms with Crippen LogP contribution in [0.4, 0.5) is 0 Å². The van der Waals surface area contributed by atoms with Crippen LogP contribution in [0.3, 0.4) is 0 Å². The number of methoxy groups -OCH3 is 1. The van der Waals surface area contributed by atoms with E-state index in [2.05, 4.69) is 25.7 Å². The summed E-state index contributed by atoms with van der Waals surface area (Å²) >= 11 is 0. The van der Waals surface area contributed by atoms with Crippen LogP contribution in [-0.4, -0.2) is 36.5 Å². The predicted octanol–water partition coefficient (Wildman–Crippen LogP) is 2.71. The molecule has 4 atom stereocenters. The molecule has 0 bridgehead atoms. The van der Waals surface area contributed by atoms with Gasteiger partial charge in [-0.25, -0.2) is 0 Å². The molecule has 21 heavy (non-hydrogen) atoms. The van der Waals surface area contributed by atoms with Gasteiger partial charge < -0.3 is 9.64 Å². The van der Waals surface area contributed by atoms with E-state index in [4.69, 9.17) is 4.74 Å². The second kappa shape index (κ2) is 5.62. The Morgan fingerprint density at radius 3 is 2.38 bits per heavy atom. The third-order valence-corrected chi connectivity index (χ3v) is 5.06. The highest BCUT2D eigenvalue weighted by Crippen LogP contribution is 2.55. The molecule has 1 saturated heterocycles. The Bertz CT molecular complexity index is 424. The molecule has 4 heteroatoms. The van der Waals surface area contributed by atoms with Crippen molar-refractivity contribution in [3.8, 4) is 0 Å². The van der Waals surface area contributed by atoms with E-state index < -0.39 is 0 Å². The van der Waals surface area contributed by atoms with Crippen LogP contribution in [0.15, 0.2) is 0 Å². The molecule has 4 unspecified atom stereocenters. The number of carbonyl (C=O) groups excluding carboxylic acids is 2. The smallest absolute Gasteiger partial charge is 0.306 e. The van der Waals surface area contributed by atoms with Crippen molar-refractivity contribution in [1.29, 1.82) is 0 Å². The summed E-state index contributed by atoms with van der Waals surface area (Å²) in [6.45, 7) is 11.5. The minimum absolute atomic E-state index is 0.0956. The van der Waals surface area contributed by atoms with Gasteiger partial charge in [0.15, 0.2) is 0 Å². The van der Waals surface area contributed by atoms with Gasteiger partial charge in [-0.1, -0.05) is 34.6 Å². The Morgan fingerprint density at radius 2 is 1.90 bits per heavy atom. The lowest BCUT2D eigenvalue weighted by Crippen LogP contribution is -2.49. The van der Waals surface area contributed by atoms with Crippen LogP contribution in [0.25, 0.3) is 0 Å². The summed E-state index contributed by atoms with van der Waals surface area (Å²) in [6, 6.07) is 0.314. The third kappa shape index (κ3) is 3.24. The van der Waals surface area contributed by atoms with Gasteiger partial charge in [-0.3, -0.25) is 9.59 Å². The number of likely N-dealkylation sites (tertiary alicyclic amines) is 1. The molecule has 0 aromatic carbocycles. The maximum atomic E-state index is 13.0. The standard InChI is InChI=1S/C17H29NO3/c1-10(2)12(8-14(19)21-6)16(20)18-9-11-7-13(11)15(18)17(3,4)5/h10-13,15H,7-9H2,1-6H3. The van der Waals surface area contributed by atoms with Crippen LogP contribution >= 0.6 is 0 Å². The molecule has 1 aliphatic carbocycles. The van der Waals surface area contributed by atoms with Crippen molar-refractivity contribution in [2.45, 2.75) is 53.5 Å². The number of hydrogen-bond donors (Lipinski definition) is 0. The SMILES string of the molecule is COC(=O)CC(C(=O)N1CC2CC2C1C(C)(C)C)C(C)C. The van der Waals surface area contributed by atoms with E-state index in [-0.39, 0.29) is 35.5 Å². The summed E-state index contributed by atoms with van der Waals surface area (Å²) in [5, 5.41) is 0. The predicted molar refractivity (Wildman–Crippen MR) is 81.5 cm³/mol. The average Bonchev–Trinajstić information content (AvgIpc) is 3.02. The first kappa shape index (κ1) is 16.3. The summed E-state index contributed by atoms with van der Waals surface area (Å²) in [4.78, 5) is 26.6. The Labute approximate surface area is 128 Å². The normalized spacial score (nSPS) is 29.3. The molecule has 0 radical (unpaired) electrons. The van der Waals surface area contributed by atoms with Crippen LogP contribution in [0, 0.1) is 29.1 Å². The molecule has 2 rings (SSSR count). The third-order valence-electron chi connectivity index (χ3n) is 5.06. The fraction of sp³-hybridized carbons (Fsp3) is 0.882. The lowest BCUT2D eigenvalue weighted by molar-refractivity contribution is -0.149. The number of ether oxygens (including phenoxy) is 1. The molecule has 0 N–H and O–H groups in total. The Balaban J connectivity index is 2.15.